The van der Waals surface area contributed by atoms with Gasteiger partial charge >= 0.3 is 5.97 Å². The number of rotatable bonds is 5. The van der Waals surface area contributed by atoms with E-state index in [1.54, 1.807) is 5.38 Å². The highest BCUT2D eigenvalue weighted by Crippen LogP contribution is 2.17. The zero-order valence-electron chi connectivity index (χ0n) is 9.18. The van der Waals surface area contributed by atoms with Crippen molar-refractivity contribution in [3.05, 3.63) is 16.1 Å². The van der Waals surface area contributed by atoms with Crippen molar-refractivity contribution in [3.8, 4) is 0 Å². The average molecular weight is 258 g/mol. The van der Waals surface area contributed by atoms with Gasteiger partial charge in [-0.25, -0.2) is 9.78 Å². The Balaban J connectivity index is 1.79. The lowest BCUT2D eigenvalue weighted by Crippen LogP contribution is -2.40. The average Bonchev–Trinajstić information content (AvgIpc) is 2.88. The van der Waals surface area contributed by atoms with Crippen LogP contribution in [0.2, 0.25) is 0 Å². The molecule has 7 heteroatoms. The van der Waals surface area contributed by atoms with Crippen LogP contribution >= 0.6 is 11.3 Å². The summed E-state index contributed by atoms with van der Waals surface area (Å²) >= 11 is 1.10. The highest BCUT2D eigenvalue weighted by atomic mass is 32.1. The number of ether oxygens (including phenoxy) is 1. The number of aromatic nitrogens is 1. The summed E-state index contributed by atoms with van der Waals surface area (Å²) in [5.74, 6) is -1.01. The van der Waals surface area contributed by atoms with E-state index in [0.29, 0.717) is 38.4 Å². The van der Waals surface area contributed by atoms with E-state index in [1.807, 2.05) is 0 Å². The minimum absolute atomic E-state index is 0.0877. The fraction of sp³-hybridized carbons (Fsp3) is 0.600. The maximum absolute atomic E-state index is 10.6. The number of hydrogen-bond acceptors (Lipinski definition) is 6. The lowest BCUT2D eigenvalue weighted by atomic mass is 10.0. The molecule has 1 aromatic rings. The molecule has 1 aromatic heterocycles. The Morgan fingerprint density at radius 1 is 1.71 bits per heavy atom. The second-order valence-corrected chi connectivity index (χ2v) is 4.94. The third-order valence-corrected chi connectivity index (χ3v) is 3.46. The highest BCUT2D eigenvalue weighted by molar-refractivity contribution is 7.11. The van der Waals surface area contributed by atoms with Gasteiger partial charge in [-0.05, 0) is 0 Å². The van der Waals surface area contributed by atoms with Gasteiger partial charge in [0.15, 0.2) is 0 Å². The molecule has 2 heterocycles. The lowest BCUT2D eigenvalue weighted by Gasteiger charge is -2.20. The summed E-state index contributed by atoms with van der Waals surface area (Å²) in [4.78, 5) is 14.6. The summed E-state index contributed by atoms with van der Waals surface area (Å²) in [6, 6.07) is 0. The number of carbonyl (C=O) groups is 1. The molecule has 0 radical (unpaired) electrons. The number of carboxylic acid groups (broad SMARTS) is 1. The SMILES string of the molecule is O=C(O)c1nc(CNCC2(O)CCOC2)cs1. The maximum atomic E-state index is 10.6. The molecule has 2 rings (SSSR count). The summed E-state index contributed by atoms with van der Waals surface area (Å²) in [7, 11) is 0. The molecule has 0 aliphatic carbocycles. The molecule has 1 atom stereocenters. The van der Waals surface area contributed by atoms with Crippen LogP contribution in [0.4, 0.5) is 0 Å². The molecule has 0 amide bonds. The summed E-state index contributed by atoms with van der Waals surface area (Å²) in [5.41, 5.74) is -0.124. The van der Waals surface area contributed by atoms with E-state index in [0.717, 1.165) is 11.3 Å². The Kier molecular flexibility index (Phi) is 3.72. The molecule has 0 aromatic carbocycles. The van der Waals surface area contributed by atoms with E-state index >= 15 is 0 Å². The predicted octanol–water partition coefficient (Wildman–Crippen LogP) is 0.0823. The fourth-order valence-corrected chi connectivity index (χ4v) is 2.30. The zero-order chi connectivity index (χ0) is 12.3. The van der Waals surface area contributed by atoms with Crippen LogP contribution in [0.1, 0.15) is 21.9 Å². The first kappa shape index (κ1) is 12.4. The number of hydrogen-bond donors (Lipinski definition) is 3. The van der Waals surface area contributed by atoms with Crippen LogP contribution in [-0.2, 0) is 11.3 Å². The summed E-state index contributed by atoms with van der Waals surface area (Å²) < 4.78 is 5.12. The summed E-state index contributed by atoms with van der Waals surface area (Å²) in [6.45, 7) is 1.80. The van der Waals surface area contributed by atoms with Gasteiger partial charge < -0.3 is 20.3 Å². The zero-order valence-corrected chi connectivity index (χ0v) is 10.00. The van der Waals surface area contributed by atoms with Crippen LogP contribution in [0.3, 0.4) is 0 Å². The van der Waals surface area contributed by atoms with Crippen molar-refractivity contribution < 1.29 is 19.7 Å². The van der Waals surface area contributed by atoms with E-state index in [2.05, 4.69) is 10.3 Å². The van der Waals surface area contributed by atoms with Crippen molar-refractivity contribution in [2.75, 3.05) is 19.8 Å². The molecular formula is C10H14N2O4S. The van der Waals surface area contributed by atoms with Crippen LogP contribution in [0.5, 0.6) is 0 Å². The number of carboxylic acids is 1. The normalized spacial score (nSPS) is 24.1. The van der Waals surface area contributed by atoms with E-state index in [4.69, 9.17) is 9.84 Å². The molecule has 1 fully saturated rings. The molecule has 94 valence electrons. The van der Waals surface area contributed by atoms with Gasteiger partial charge in [0, 0.05) is 31.5 Å². The van der Waals surface area contributed by atoms with Crippen molar-refractivity contribution in [2.24, 2.45) is 0 Å². The Hall–Kier alpha value is -1.02. The molecule has 3 N–H and O–H groups in total. The quantitative estimate of drug-likeness (QED) is 0.693. The largest absolute Gasteiger partial charge is 0.476 e. The lowest BCUT2D eigenvalue weighted by molar-refractivity contribution is 0.0268. The first-order valence-electron chi connectivity index (χ1n) is 5.28. The van der Waals surface area contributed by atoms with Crippen LogP contribution in [-0.4, -0.2) is 46.5 Å². The van der Waals surface area contributed by atoms with Gasteiger partial charge in [-0.1, -0.05) is 0 Å². The Bertz CT molecular complexity index is 401. The van der Waals surface area contributed by atoms with Crippen molar-refractivity contribution in [3.63, 3.8) is 0 Å². The third-order valence-electron chi connectivity index (χ3n) is 2.58. The minimum atomic E-state index is -1.01. The minimum Gasteiger partial charge on any atom is -0.476 e. The molecule has 1 unspecified atom stereocenters. The molecule has 0 spiro atoms. The second-order valence-electron chi connectivity index (χ2n) is 4.08. The highest BCUT2D eigenvalue weighted by Gasteiger charge is 2.31. The number of nitrogens with zero attached hydrogens (tertiary/aromatic N) is 1. The fourth-order valence-electron chi connectivity index (χ4n) is 1.65. The third kappa shape index (κ3) is 3.22. The van der Waals surface area contributed by atoms with Crippen molar-refractivity contribution in [1.82, 2.24) is 10.3 Å². The van der Waals surface area contributed by atoms with Gasteiger partial charge in [-0.3, -0.25) is 0 Å². The van der Waals surface area contributed by atoms with E-state index in [9.17, 15) is 9.90 Å². The Morgan fingerprint density at radius 3 is 3.12 bits per heavy atom. The summed E-state index contributed by atoms with van der Waals surface area (Å²) in [6.07, 6.45) is 0.622. The molecule has 0 bridgehead atoms. The van der Waals surface area contributed by atoms with Crippen LogP contribution in [0, 0.1) is 0 Å². The van der Waals surface area contributed by atoms with Crippen molar-refractivity contribution >= 4 is 17.3 Å². The topological polar surface area (TPSA) is 91.7 Å². The molecule has 0 saturated carbocycles. The molecule has 1 saturated heterocycles. The maximum Gasteiger partial charge on any atom is 0.365 e. The van der Waals surface area contributed by atoms with Gasteiger partial charge in [0.25, 0.3) is 0 Å². The monoisotopic (exact) mass is 258 g/mol. The van der Waals surface area contributed by atoms with Crippen LogP contribution in [0.25, 0.3) is 0 Å². The Labute approximate surface area is 102 Å². The number of thiazole rings is 1. The molecular weight excluding hydrogens is 244 g/mol. The Morgan fingerprint density at radius 2 is 2.53 bits per heavy atom. The van der Waals surface area contributed by atoms with Crippen LogP contribution < -0.4 is 5.32 Å². The van der Waals surface area contributed by atoms with Crippen molar-refractivity contribution in [2.45, 2.75) is 18.6 Å². The summed E-state index contributed by atoms with van der Waals surface area (Å²) in [5, 5.41) is 23.5. The molecule has 1 aliphatic rings. The second kappa shape index (κ2) is 5.09. The molecule has 17 heavy (non-hydrogen) atoms. The standard InChI is InChI=1S/C10H14N2O4S/c13-9(14)8-12-7(4-17-8)3-11-5-10(15)1-2-16-6-10/h4,11,15H,1-3,5-6H2,(H,13,14). The van der Waals surface area contributed by atoms with Gasteiger partial charge in [-0.2, -0.15) is 0 Å². The van der Waals surface area contributed by atoms with E-state index in [-0.39, 0.29) is 5.01 Å². The van der Waals surface area contributed by atoms with E-state index < -0.39 is 11.6 Å². The number of nitrogens with one attached hydrogen (secondary N) is 1. The molecule has 6 nitrogen and oxygen atoms in total. The number of aromatic carboxylic acids is 1. The van der Waals surface area contributed by atoms with Gasteiger partial charge in [-0.15, -0.1) is 11.3 Å². The van der Waals surface area contributed by atoms with Gasteiger partial charge in [0.05, 0.1) is 12.3 Å². The first-order chi connectivity index (χ1) is 8.09. The first-order valence-corrected chi connectivity index (χ1v) is 6.16. The van der Waals surface area contributed by atoms with Crippen LogP contribution in [0.15, 0.2) is 5.38 Å². The van der Waals surface area contributed by atoms with Crippen molar-refractivity contribution in [1.29, 1.82) is 0 Å². The smallest absolute Gasteiger partial charge is 0.365 e. The predicted molar refractivity (Wildman–Crippen MR) is 61.2 cm³/mol. The number of aliphatic hydroxyl groups is 1. The van der Waals surface area contributed by atoms with E-state index in [1.165, 1.54) is 0 Å². The van der Waals surface area contributed by atoms with Gasteiger partial charge in [0.2, 0.25) is 5.01 Å². The van der Waals surface area contributed by atoms with Gasteiger partial charge in [0.1, 0.15) is 5.60 Å². The molecule has 1 aliphatic heterocycles.